The summed E-state index contributed by atoms with van der Waals surface area (Å²) in [6.07, 6.45) is 0. The van der Waals surface area contributed by atoms with Gasteiger partial charge < -0.3 is 10.5 Å². The minimum Gasteiger partial charge on any atom is -0.496 e. The van der Waals surface area contributed by atoms with Crippen LogP contribution in [0, 0.1) is 5.82 Å². The zero-order chi connectivity index (χ0) is 13.1. The highest BCUT2D eigenvalue weighted by atomic mass is 19.1. The van der Waals surface area contributed by atoms with Gasteiger partial charge in [-0.15, -0.1) is 0 Å². The van der Waals surface area contributed by atoms with E-state index in [0.29, 0.717) is 11.4 Å². The Labute approximate surface area is 103 Å². The number of methoxy groups -OCH3 is 1. The summed E-state index contributed by atoms with van der Waals surface area (Å²) < 4.78 is 18.9. The molecule has 0 unspecified atom stereocenters. The molecule has 0 aliphatic carbocycles. The Bertz CT molecular complexity index is 599. The van der Waals surface area contributed by atoms with Crippen molar-refractivity contribution >= 4 is 5.91 Å². The molecule has 0 atom stereocenters. The number of ether oxygens (including phenoxy) is 1. The van der Waals surface area contributed by atoms with E-state index in [0.717, 1.165) is 0 Å². The first-order valence-electron chi connectivity index (χ1n) is 5.23. The fourth-order valence-corrected chi connectivity index (χ4v) is 1.63. The van der Waals surface area contributed by atoms with Gasteiger partial charge in [-0.2, -0.15) is 0 Å². The lowest BCUT2D eigenvalue weighted by Gasteiger charge is -2.09. The van der Waals surface area contributed by atoms with Crippen molar-refractivity contribution in [2.75, 3.05) is 7.11 Å². The number of nitrogens with zero attached hydrogens (tertiary/aromatic N) is 1. The van der Waals surface area contributed by atoms with E-state index >= 15 is 0 Å². The van der Waals surface area contributed by atoms with Crippen LogP contribution in [0.15, 0.2) is 36.4 Å². The van der Waals surface area contributed by atoms with Crippen LogP contribution in [-0.4, -0.2) is 18.0 Å². The normalized spacial score (nSPS) is 10.1. The van der Waals surface area contributed by atoms with Gasteiger partial charge in [0, 0.05) is 0 Å². The second kappa shape index (κ2) is 4.83. The molecule has 4 nitrogen and oxygen atoms in total. The highest BCUT2D eigenvalue weighted by Gasteiger charge is 2.14. The van der Waals surface area contributed by atoms with Crippen LogP contribution in [0.5, 0.6) is 5.75 Å². The third kappa shape index (κ3) is 2.15. The van der Waals surface area contributed by atoms with Gasteiger partial charge in [-0.25, -0.2) is 9.37 Å². The van der Waals surface area contributed by atoms with Crippen molar-refractivity contribution in [1.29, 1.82) is 0 Å². The van der Waals surface area contributed by atoms with Gasteiger partial charge in [-0.1, -0.05) is 12.1 Å². The van der Waals surface area contributed by atoms with Crippen LogP contribution in [0.4, 0.5) is 4.39 Å². The third-order valence-corrected chi connectivity index (χ3v) is 2.45. The summed E-state index contributed by atoms with van der Waals surface area (Å²) in [5.74, 6) is -0.778. The van der Waals surface area contributed by atoms with Crippen LogP contribution in [0.1, 0.15) is 10.5 Å². The lowest BCUT2D eigenvalue weighted by atomic mass is 10.1. The number of nitrogens with two attached hydrogens (primary N) is 1. The largest absolute Gasteiger partial charge is 0.496 e. The van der Waals surface area contributed by atoms with Crippen LogP contribution in [-0.2, 0) is 0 Å². The summed E-state index contributed by atoms with van der Waals surface area (Å²) in [6.45, 7) is 0. The summed E-state index contributed by atoms with van der Waals surface area (Å²) >= 11 is 0. The van der Waals surface area contributed by atoms with E-state index in [9.17, 15) is 9.18 Å². The molecule has 0 aliphatic heterocycles. The maximum atomic E-state index is 13.8. The first-order chi connectivity index (χ1) is 8.63. The van der Waals surface area contributed by atoms with Crippen LogP contribution in [0.25, 0.3) is 11.3 Å². The van der Waals surface area contributed by atoms with E-state index < -0.39 is 11.7 Å². The van der Waals surface area contributed by atoms with E-state index in [1.54, 1.807) is 18.2 Å². The number of halogens is 1. The number of benzene rings is 1. The average Bonchev–Trinajstić information content (AvgIpc) is 2.38. The summed E-state index contributed by atoms with van der Waals surface area (Å²) in [5, 5.41) is 0. The number of pyridine rings is 1. The fraction of sp³-hybridized carbons (Fsp3) is 0.0769. The molecule has 2 N–H and O–H groups in total. The molecule has 1 aromatic heterocycles. The maximum absolute atomic E-state index is 13.8. The van der Waals surface area contributed by atoms with Crippen molar-refractivity contribution in [2.45, 2.75) is 0 Å². The molecule has 0 bridgehead atoms. The minimum absolute atomic E-state index is 0.0813. The van der Waals surface area contributed by atoms with Crippen molar-refractivity contribution in [2.24, 2.45) is 5.73 Å². The lowest BCUT2D eigenvalue weighted by Crippen LogP contribution is -2.13. The number of aromatic nitrogens is 1. The standard InChI is InChI=1S/C13H11FN2O2/c1-18-11-7-2-4-8(14)12(11)9-5-3-6-10(16-9)13(15)17/h2-7H,1H3,(H2,15,17). The molecule has 0 saturated heterocycles. The molecular weight excluding hydrogens is 235 g/mol. The van der Waals surface area contributed by atoms with Gasteiger partial charge in [0.05, 0.1) is 18.4 Å². The highest BCUT2D eigenvalue weighted by Crippen LogP contribution is 2.31. The van der Waals surface area contributed by atoms with E-state index in [2.05, 4.69) is 4.98 Å². The molecule has 1 aromatic carbocycles. The second-order valence-electron chi connectivity index (χ2n) is 3.59. The number of amides is 1. The number of carbonyl (C=O) groups excluding carboxylic acids is 1. The molecule has 1 amide bonds. The Kier molecular flexibility index (Phi) is 3.23. The Morgan fingerprint density at radius 2 is 2.00 bits per heavy atom. The molecule has 18 heavy (non-hydrogen) atoms. The summed E-state index contributed by atoms with van der Waals surface area (Å²) in [5.41, 5.74) is 5.74. The number of primary amides is 1. The zero-order valence-electron chi connectivity index (χ0n) is 9.68. The number of hydrogen-bond donors (Lipinski definition) is 1. The topological polar surface area (TPSA) is 65.2 Å². The molecule has 0 fully saturated rings. The van der Waals surface area contributed by atoms with Gasteiger partial charge in [-0.05, 0) is 24.3 Å². The van der Waals surface area contributed by atoms with E-state index in [-0.39, 0.29) is 11.3 Å². The minimum atomic E-state index is -0.660. The third-order valence-electron chi connectivity index (χ3n) is 2.45. The van der Waals surface area contributed by atoms with Crippen LogP contribution < -0.4 is 10.5 Å². The molecular formula is C13H11FN2O2. The predicted molar refractivity (Wildman–Crippen MR) is 64.7 cm³/mol. The van der Waals surface area contributed by atoms with Crippen molar-refractivity contribution in [3.05, 3.63) is 47.9 Å². The molecule has 1 heterocycles. The van der Waals surface area contributed by atoms with Crippen molar-refractivity contribution < 1.29 is 13.9 Å². The van der Waals surface area contributed by atoms with Crippen LogP contribution in [0.2, 0.25) is 0 Å². The lowest BCUT2D eigenvalue weighted by molar-refractivity contribution is 0.0995. The maximum Gasteiger partial charge on any atom is 0.267 e. The highest BCUT2D eigenvalue weighted by molar-refractivity contribution is 5.91. The summed E-state index contributed by atoms with van der Waals surface area (Å²) in [7, 11) is 1.44. The molecule has 0 saturated carbocycles. The van der Waals surface area contributed by atoms with Crippen molar-refractivity contribution in [1.82, 2.24) is 4.98 Å². The first kappa shape index (κ1) is 12.0. The van der Waals surface area contributed by atoms with Gasteiger partial charge in [0.2, 0.25) is 0 Å². The molecule has 0 radical (unpaired) electrons. The van der Waals surface area contributed by atoms with Gasteiger partial charge in [0.1, 0.15) is 17.3 Å². The molecule has 0 spiro atoms. The van der Waals surface area contributed by atoms with Gasteiger partial charge in [0.25, 0.3) is 5.91 Å². The van der Waals surface area contributed by atoms with Crippen molar-refractivity contribution in [3.8, 4) is 17.0 Å². The van der Waals surface area contributed by atoms with Crippen LogP contribution >= 0.6 is 0 Å². The smallest absolute Gasteiger partial charge is 0.267 e. The number of hydrogen-bond acceptors (Lipinski definition) is 3. The fourth-order valence-electron chi connectivity index (χ4n) is 1.63. The Balaban J connectivity index is 2.61. The Morgan fingerprint density at radius 3 is 2.67 bits per heavy atom. The molecule has 5 heteroatoms. The average molecular weight is 246 g/mol. The Hall–Kier alpha value is -2.43. The SMILES string of the molecule is COc1cccc(F)c1-c1cccc(C(N)=O)n1. The van der Waals surface area contributed by atoms with Gasteiger partial charge in [-0.3, -0.25) is 4.79 Å². The van der Waals surface area contributed by atoms with Gasteiger partial charge >= 0.3 is 0 Å². The molecule has 2 aromatic rings. The van der Waals surface area contributed by atoms with Crippen LogP contribution in [0.3, 0.4) is 0 Å². The van der Waals surface area contributed by atoms with Gasteiger partial charge in [0.15, 0.2) is 0 Å². The second-order valence-corrected chi connectivity index (χ2v) is 3.59. The molecule has 92 valence electrons. The van der Waals surface area contributed by atoms with E-state index in [4.69, 9.17) is 10.5 Å². The zero-order valence-corrected chi connectivity index (χ0v) is 9.68. The molecule has 2 rings (SSSR count). The predicted octanol–water partition coefficient (Wildman–Crippen LogP) is 2.00. The number of rotatable bonds is 3. The summed E-state index contributed by atoms with van der Waals surface area (Å²) in [4.78, 5) is 15.1. The van der Waals surface area contributed by atoms with E-state index in [1.165, 1.54) is 25.3 Å². The number of carbonyl (C=O) groups is 1. The monoisotopic (exact) mass is 246 g/mol. The molecule has 0 aliphatic rings. The van der Waals surface area contributed by atoms with Crippen molar-refractivity contribution in [3.63, 3.8) is 0 Å². The quantitative estimate of drug-likeness (QED) is 0.900. The Morgan fingerprint density at radius 1 is 1.28 bits per heavy atom. The van der Waals surface area contributed by atoms with E-state index in [1.807, 2.05) is 0 Å². The summed E-state index contributed by atoms with van der Waals surface area (Å²) in [6, 6.07) is 9.12. The first-order valence-corrected chi connectivity index (χ1v) is 5.23.